The third-order valence-electron chi connectivity index (χ3n) is 4.53. The van der Waals surface area contributed by atoms with E-state index < -0.39 is 0 Å². The Kier molecular flexibility index (Phi) is 5.43. The number of nitrogens with two attached hydrogens (primary N) is 1. The van der Waals surface area contributed by atoms with Gasteiger partial charge in [0.2, 0.25) is 5.91 Å². The molecule has 1 aliphatic rings. The van der Waals surface area contributed by atoms with Gasteiger partial charge in [-0.3, -0.25) is 9.69 Å². The van der Waals surface area contributed by atoms with Gasteiger partial charge in [-0.15, -0.1) is 11.3 Å². The molecule has 0 bridgehead atoms. The van der Waals surface area contributed by atoms with Gasteiger partial charge < -0.3 is 11.1 Å². The standard InChI is InChI=1S/C18H22ClN3OS/c1-12(16-7-9-24-17(16)20)18(23)21-15-6-8-22(11-15)10-13-2-4-14(19)5-3-13/h2-5,7,9,12,15H,6,8,10-11,20H2,1H3,(H,21,23)/t12-,15-/m1/s1. The van der Waals surface area contributed by atoms with Crippen LogP contribution in [0.1, 0.15) is 30.4 Å². The van der Waals surface area contributed by atoms with Crippen molar-refractivity contribution >= 4 is 33.8 Å². The van der Waals surface area contributed by atoms with Crippen LogP contribution in [-0.2, 0) is 11.3 Å². The molecule has 0 aliphatic carbocycles. The van der Waals surface area contributed by atoms with Crippen molar-refractivity contribution in [3.63, 3.8) is 0 Å². The van der Waals surface area contributed by atoms with Crippen LogP contribution < -0.4 is 11.1 Å². The molecule has 0 radical (unpaired) electrons. The Morgan fingerprint density at radius 1 is 1.42 bits per heavy atom. The molecule has 4 nitrogen and oxygen atoms in total. The highest BCUT2D eigenvalue weighted by Gasteiger charge is 2.26. The maximum absolute atomic E-state index is 12.5. The number of rotatable bonds is 5. The van der Waals surface area contributed by atoms with Crippen molar-refractivity contribution in [2.24, 2.45) is 0 Å². The lowest BCUT2D eigenvalue weighted by Gasteiger charge is -2.19. The summed E-state index contributed by atoms with van der Waals surface area (Å²) in [7, 11) is 0. The molecule has 2 heterocycles. The van der Waals surface area contributed by atoms with E-state index in [1.54, 1.807) is 0 Å². The van der Waals surface area contributed by atoms with Crippen LogP contribution in [-0.4, -0.2) is 29.9 Å². The van der Waals surface area contributed by atoms with Gasteiger partial charge in [0.15, 0.2) is 0 Å². The quantitative estimate of drug-likeness (QED) is 0.855. The summed E-state index contributed by atoms with van der Waals surface area (Å²) in [4.78, 5) is 14.8. The Bertz CT molecular complexity index is 701. The topological polar surface area (TPSA) is 58.4 Å². The third kappa shape index (κ3) is 4.09. The molecular weight excluding hydrogens is 342 g/mol. The van der Waals surface area contributed by atoms with Gasteiger partial charge in [0.25, 0.3) is 0 Å². The molecule has 1 aromatic carbocycles. The van der Waals surface area contributed by atoms with Crippen LogP contribution in [0, 0.1) is 0 Å². The number of nitrogens with one attached hydrogen (secondary N) is 1. The first-order chi connectivity index (χ1) is 11.5. The zero-order valence-electron chi connectivity index (χ0n) is 13.7. The SMILES string of the molecule is C[C@@H](C(=O)N[C@@H]1CCN(Cc2ccc(Cl)cc2)C1)c1ccsc1N. The first-order valence-corrected chi connectivity index (χ1v) is 9.38. The van der Waals surface area contributed by atoms with Crippen molar-refractivity contribution in [2.75, 3.05) is 18.8 Å². The fraction of sp³-hybridized carbons (Fsp3) is 0.389. The molecule has 128 valence electrons. The number of thiophene rings is 1. The Morgan fingerprint density at radius 3 is 2.83 bits per heavy atom. The van der Waals surface area contributed by atoms with E-state index in [2.05, 4.69) is 22.3 Å². The zero-order chi connectivity index (χ0) is 17.1. The van der Waals surface area contributed by atoms with E-state index >= 15 is 0 Å². The minimum atomic E-state index is -0.207. The molecule has 1 aromatic heterocycles. The summed E-state index contributed by atoms with van der Waals surface area (Å²) in [6, 6.07) is 10.1. The van der Waals surface area contributed by atoms with Crippen LogP contribution in [0.4, 0.5) is 5.00 Å². The number of nitrogen functional groups attached to an aromatic ring is 1. The van der Waals surface area contributed by atoms with Crippen molar-refractivity contribution < 1.29 is 4.79 Å². The van der Waals surface area contributed by atoms with Gasteiger partial charge in [0.1, 0.15) is 0 Å². The highest BCUT2D eigenvalue weighted by Crippen LogP contribution is 2.27. The molecule has 24 heavy (non-hydrogen) atoms. The van der Waals surface area contributed by atoms with Gasteiger partial charge in [-0.25, -0.2) is 0 Å². The van der Waals surface area contributed by atoms with Crippen molar-refractivity contribution in [3.05, 3.63) is 51.9 Å². The Labute approximate surface area is 151 Å². The first-order valence-electron chi connectivity index (χ1n) is 8.13. The third-order valence-corrected chi connectivity index (χ3v) is 5.54. The number of hydrogen-bond acceptors (Lipinski definition) is 4. The second-order valence-electron chi connectivity index (χ2n) is 6.32. The first kappa shape index (κ1) is 17.3. The summed E-state index contributed by atoms with van der Waals surface area (Å²) in [5.74, 6) is -0.153. The second-order valence-corrected chi connectivity index (χ2v) is 7.70. The predicted molar refractivity (Wildman–Crippen MR) is 100 cm³/mol. The van der Waals surface area contributed by atoms with Gasteiger partial charge in [0, 0.05) is 30.7 Å². The second kappa shape index (κ2) is 7.55. The van der Waals surface area contributed by atoms with Gasteiger partial charge in [0.05, 0.1) is 10.9 Å². The van der Waals surface area contributed by atoms with E-state index in [1.807, 2.05) is 30.5 Å². The summed E-state index contributed by atoms with van der Waals surface area (Å²) in [5, 5.41) is 6.58. The van der Waals surface area contributed by atoms with E-state index in [1.165, 1.54) is 16.9 Å². The molecule has 0 saturated carbocycles. The molecule has 2 atom stereocenters. The summed E-state index contributed by atoms with van der Waals surface area (Å²) >= 11 is 7.40. The molecule has 1 amide bonds. The largest absolute Gasteiger partial charge is 0.390 e. The van der Waals surface area contributed by atoms with Crippen LogP contribution in [0.5, 0.6) is 0 Å². The summed E-state index contributed by atoms with van der Waals surface area (Å²) < 4.78 is 0. The molecular formula is C18H22ClN3OS. The normalized spacial score (nSPS) is 19.3. The number of amides is 1. The van der Waals surface area contributed by atoms with Crippen molar-refractivity contribution in [2.45, 2.75) is 31.8 Å². The van der Waals surface area contributed by atoms with E-state index in [4.69, 9.17) is 17.3 Å². The van der Waals surface area contributed by atoms with E-state index in [0.29, 0.717) is 0 Å². The van der Waals surface area contributed by atoms with Gasteiger partial charge in [-0.1, -0.05) is 23.7 Å². The number of halogens is 1. The number of likely N-dealkylation sites (tertiary alicyclic amines) is 1. The maximum Gasteiger partial charge on any atom is 0.227 e. The van der Waals surface area contributed by atoms with E-state index in [9.17, 15) is 4.79 Å². The molecule has 3 rings (SSSR count). The highest BCUT2D eigenvalue weighted by molar-refractivity contribution is 7.14. The molecule has 3 N–H and O–H groups in total. The minimum absolute atomic E-state index is 0.0541. The number of nitrogens with zero attached hydrogens (tertiary/aromatic N) is 1. The van der Waals surface area contributed by atoms with Crippen LogP contribution >= 0.6 is 22.9 Å². The predicted octanol–water partition coefficient (Wildman–Crippen LogP) is 3.48. The van der Waals surface area contributed by atoms with Crippen LogP contribution in [0.3, 0.4) is 0 Å². The van der Waals surface area contributed by atoms with Crippen LogP contribution in [0.2, 0.25) is 5.02 Å². The Morgan fingerprint density at radius 2 is 2.17 bits per heavy atom. The fourth-order valence-electron chi connectivity index (χ4n) is 3.10. The average molecular weight is 364 g/mol. The summed E-state index contributed by atoms with van der Waals surface area (Å²) in [5.41, 5.74) is 8.09. The molecule has 1 aliphatic heterocycles. The van der Waals surface area contributed by atoms with E-state index in [0.717, 1.165) is 41.6 Å². The van der Waals surface area contributed by atoms with Crippen molar-refractivity contribution in [3.8, 4) is 0 Å². The molecule has 1 fully saturated rings. The molecule has 0 unspecified atom stereocenters. The van der Waals surface area contributed by atoms with Crippen molar-refractivity contribution in [1.29, 1.82) is 0 Å². The monoisotopic (exact) mass is 363 g/mol. The van der Waals surface area contributed by atoms with Crippen molar-refractivity contribution in [1.82, 2.24) is 10.2 Å². The Balaban J connectivity index is 1.51. The molecule has 2 aromatic rings. The van der Waals surface area contributed by atoms with Gasteiger partial charge >= 0.3 is 0 Å². The summed E-state index contributed by atoms with van der Waals surface area (Å²) in [6.45, 7) is 4.66. The smallest absolute Gasteiger partial charge is 0.227 e. The number of benzene rings is 1. The molecule has 1 saturated heterocycles. The number of carbonyl (C=O) groups excluding carboxylic acids is 1. The number of anilines is 1. The van der Waals surface area contributed by atoms with E-state index in [-0.39, 0.29) is 17.9 Å². The summed E-state index contributed by atoms with van der Waals surface area (Å²) in [6.07, 6.45) is 0.977. The zero-order valence-corrected chi connectivity index (χ0v) is 15.2. The number of carbonyl (C=O) groups is 1. The maximum atomic E-state index is 12.5. The molecule has 6 heteroatoms. The average Bonchev–Trinajstić information content (AvgIpc) is 3.18. The number of hydrogen-bond donors (Lipinski definition) is 2. The minimum Gasteiger partial charge on any atom is -0.390 e. The lowest BCUT2D eigenvalue weighted by Crippen LogP contribution is -2.39. The lowest BCUT2D eigenvalue weighted by molar-refractivity contribution is -0.122. The fourth-order valence-corrected chi connectivity index (χ4v) is 3.97. The van der Waals surface area contributed by atoms with Crippen LogP contribution in [0.15, 0.2) is 35.7 Å². The highest BCUT2D eigenvalue weighted by atomic mass is 35.5. The van der Waals surface area contributed by atoms with Gasteiger partial charge in [-0.05, 0) is 48.1 Å². The lowest BCUT2D eigenvalue weighted by atomic mass is 10.0. The van der Waals surface area contributed by atoms with Crippen LogP contribution in [0.25, 0.3) is 0 Å². The Hall–Kier alpha value is -1.56. The molecule has 0 spiro atoms. The van der Waals surface area contributed by atoms with Gasteiger partial charge in [-0.2, -0.15) is 0 Å².